The van der Waals surface area contributed by atoms with Crippen molar-refractivity contribution in [1.29, 1.82) is 0 Å². The fraction of sp³-hybridized carbons (Fsp3) is 0.929. The van der Waals surface area contributed by atoms with Gasteiger partial charge in [0.25, 0.3) is 0 Å². The molecule has 0 saturated carbocycles. The van der Waals surface area contributed by atoms with E-state index in [1.165, 1.54) is 19.3 Å². The van der Waals surface area contributed by atoms with Crippen LogP contribution >= 0.6 is 11.6 Å². The quantitative estimate of drug-likeness (QED) is 0.440. The summed E-state index contributed by atoms with van der Waals surface area (Å²) in [5.41, 5.74) is 0. The zero-order chi connectivity index (χ0) is 12.9. The van der Waals surface area contributed by atoms with Crippen molar-refractivity contribution in [3.05, 3.63) is 0 Å². The van der Waals surface area contributed by atoms with E-state index in [2.05, 4.69) is 19.2 Å². The van der Waals surface area contributed by atoms with Crippen LogP contribution in [-0.2, 0) is 4.79 Å². The maximum atomic E-state index is 11.8. The first-order valence-corrected chi connectivity index (χ1v) is 7.63. The first-order chi connectivity index (χ1) is 8.26. The Labute approximate surface area is 111 Å². The molecule has 102 valence electrons. The van der Waals surface area contributed by atoms with Crippen molar-refractivity contribution < 1.29 is 4.79 Å². The molecule has 0 fully saturated rings. The molecule has 1 atom stereocenters. The van der Waals surface area contributed by atoms with Gasteiger partial charge in [-0.3, -0.25) is 4.79 Å². The van der Waals surface area contributed by atoms with Gasteiger partial charge in [-0.05, 0) is 25.7 Å². The predicted molar refractivity (Wildman–Crippen MR) is 75.5 cm³/mol. The summed E-state index contributed by atoms with van der Waals surface area (Å²) in [5.74, 6) is 1.22. The lowest BCUT2D eigenvalue weighted by molar-refractivity contribution is -0.125. The first kappa shape index (κ1) is 16.8. The third-order valence-corrected chi connectivity index (χ3v) is 3.40. The minimum Gasteiger partial charge on any atom is -0.356 e. The summed E-state index contributed by atoms with van der Waals surface area (Å²) in [6, 6.07) is 0. The second kappa shape index (κ2) is 12.2. The number of carbonyl (C=O) groups is 1. The maximum absolute atomic E-state index is 11.8. The van der Waals surface area contributed by atoms with Crippen LogP contribution in [0.1, 0.15) is 65.2 Å². The molecule has 3 heteroatoms. The summed E-state index contributed by atoms with van der Waals surface area (Å²) in [6.07, 6.45) is 8.81. The molecule has 0 heterocycles. The van der Waals surface area contributed by atoms with Crippen LogP contribution in [0.25, 0.3) is 0 Å². The van der Waals surface area contributed by atoms with Gasteiger partial charge in [0.05, 0.1) is 0 Å². The van der Waals surface area contributed by atoms with Crippen molar-refractivity contribution in [2.24, 2.45) is 5.92 Å². The molecular formula is C14H28ClNO. The Morgan fingerprint density at radius 3 is 2.41 bits per heavy atom. The molecule has 0 bridgehead atoms. The Bertz CT molecular complexity index is 185. The molecular weight excluding hydrogens is 234 g/mol. The van der Waals surface area contributed by atoms with Gasteiger partial charge in [0.1, 0.15) is 0 Å². The lowest BCUT2D eigenvalue weighted by Crippen LogP contribution is -2.31. The highest BCUT2D eigenvalue weighted by Gasteiger charge is 2.14. The fourth-order valence-electron chi connectivity index (χ4n) is 1.90. The van der Waals surface area contributed by atoms with Gasteiger partial charge >= 0.3 is 0 Å². The van der Waals surface area contributed by atoms with E-state index < -0.39 is 0 Å². The highest BCUT2D eigenvalue weighted by atomic mass is 35.5. The summed E-state index contributed by atoms with van der Waals surface area (Å²) < 4.78 is 0. The molecule has 0 aliphatic heterocycles. The van der Waals surface area contributed by atoms with Crippen molar-refractivity contribution >= 4 is 17.5 Å². The molecule has 0 saturated heterocycles. The second-order valence-electron chi connectivity index (χ2n) is 4.64. The Morgan fingerprint density at radius 1 is 1.12 bits per heavy atom. The molecule has 2 nitrogen and oxygen atoms in total. The van der Waals surface area contributed by atoms with Gasteiger partial charge < -0.3 is 5.32 Å². The van der Waals surface area contributed by atoms with Gasteiger partial charge in [-0.1, -0.05) is 39.5 Å². The number of carbonyl (C=O) groups excluding carboxylic acids is 1. The van der Waals surface area contributed by atoms with E-state index in [-0.39, 0.29) is 11.8 Å². The van der Waals surface area contributed by atoms with E-state index in [0.29, 0.717) is 0 Å². The van der Waals surface area contributed by atoms with Crippen molar-refractivity contribution in [3.8, 4) is 0 Å². The van der Waals surface area contributed by atoms with Gasteiger partial charge in [-0.25, -0.2) is 0 Å². The fourth-order valence-corrected chi connectivity index (χ4v) is 2.09. The van der Waals surface area contributed by atoms with Crippen molar-refractivity contribution in [3.63, 3.8) is 0 Å². The van der Waals surface area contributed by atoms with Crippen LogP contribution in [-0.4, -0.2) is 18.3 Å². The summed E-state index contributed by atoms with van der Waals surface area (Å²) in [4.78, 5) is 11.8. The summed E-state index contributed by atoms with van der Waals surface area (Å²) in [7, 11) is 0. The Morgan fingerprint density at radius 2 is 1.82 bits per heavy atom. The van der Waals surface area contributed by atoms with Crippen molar-refractivity contribution in [2.75, 3.05) is 12.4 Å². The molecule has 1 unspecified atom stereocenters. The number of nitrogens with one attached hydrogen (secondary N) is 1. The van der Waals surface area contributed by atoms with Crippen LogP contribution in [0.4, 0.5) is 0 Å². The Hall–Kier alpha value is -0.240. The summed E-state index contributed by atoms with van der Waals surface area (Å²) >= 11 is 5.60. The Kier molecular flexibility index (Phi) is 12.1. The molecule has 1 N–H and O–H groups in total. The van der Waals surface area contributed by atoms with Gasteiger partial charge in [-0.2, -0.15) is 0 Å². The zero-order valence-corrected chi connectivity index (χ0v) is 12.2. The molecule has 0 spiro atoms. The number of hydrogen-bond donors (Lipinski definition) is 1. The zero-order valence-electron chi connectivity index (χ0n) is 11.4. The molecule has 17 heavy (non-hydrogen) atoms. The largest absolute Gasteiger partial charge is 0.356 e. The van der Waals surface area contributed by atoms with Gasteiger partial charge in [0.15, 0.2) is 0 Å². The normalized spacial score (nSPS) is 12.4. The number of amides is 1. The lowest BCUT2D eigenvalue weighted by atomic mass is 9.98. The third kappa shape index (κ3) is 9.46. The van der Waals surface area contributed by atoms with Crippen LogP contribution in [0.2, 0.25) is 0 Å². The van der Waals surface area contributed by atoms with E-state index >= 15 is 0 Å². The standard InChI is InChI=1S/C14H28ClNO/c1-3-5-10-13(4-2)14(17)16-12-9-7-6-8-11-15/h13H,3-12H2,1-2H3,(H,16,17). The predicted octanol–water partition coefficient (Wildman–Crippen LogP) is 4.12. The van der Waals surface area contributed by atoms with Gasteiger partial charge in [-0.15, -0.1) is 11.6 Å². The topological polar surface area (TPSA) is 29.1 Å². The minimum atomic E-state index is 0.220. The number of alkyl halides is 1. The molecule has 0 aliphatic carbocycles. The van der Waals surface area contributed by atoms with Crippen LogP contribution in [0.5, 0.6) is 0 Å². The molecule has 0 aliphatic rings. The molecule has 0 aromatic carbocycles. The number of hydrogen-bond acceptors (Lipinski definition) is 1. The highest BCUT2D eigenvalue weighted by molar-refractivity contribution is 6.17. The van der Waals surface area contributed by atoms with E-state index in [1.807, 2.05) is 0 Å². The summed E-state index contributed by atoms with van der Waals surface area (Å²) in [6.45, 7) is 5.09. The van der Waals surface area contributed by atoms with Crippen molar-refractivity contribution in [1.82, 2.24) is 5.32 Å². The van der Waals surface area contributed by atoms with Crippen LogP contribution in [0, 0.1) is 5.92 Å². The lowest BCUT2D eigenvalue weighted by Gasteiger charge is -2.14. The third-order valence-electron chi connectivity index (χ3n) is 3.13. The van der Waals surface area contributed by atoms with Gasteiger partial charge in [0.2, 0.25) is 5.91 Å². The molecule has 0 aromatic rings. The smallest absolute Gasteiger partial charge is 0.223 e. The van der Waals surface area contributed by atoms with Crippen LogP contribution in [0.15, 0.2) is 0 Å². The molecule has 0 rings (SSSR count). The van der Waals surface area contributed by atoms with Crippen molar-refractivity contribution in [2.45, 2.75) is 65.2 Å². The van der Waals surface area contributed by atoms with Crippen LogP contribution in [0.3, 0.4) is 0 Å². The second-order valence-corrected chi connectivity index (χ2v) is 5.02. The monoisotopic (exact) mass is 261 g/mol. The van der Waals surface area contributed by atoms with E-state index in [0.717, 1.165) is 44.5 Å². The van der Waals surface area contributed by atoms with E-state index in [4.69, 9.17) is 11.6 Å². The first-order valence-electron chi connectivity index (χ1n) is 7.09. The highest BCUT2D eigenvalue weighted by Crippen LogP contribution is 2.12. The maximum Gasteiger partial charge on any atom is 0.223 e. The average molecular weight is 262 g/mol. The Balaban J connectivity index is 3.54. The number of rotatable bonds is 11. The SMILES string of the molecule is CCCCC(CC)C(=O)NCCCCCCCl. The van der Waals surface area contributed by atoms with E-state index in [9.17, 15) is 4.79 Å². The average Bonchev–Trinajstić information content (AvgIpc) is 2.34. The van der Waals surface area contributed by atoms with E-state index in [1.54, 1.807) is 0 Å². The minimum absolute atomic E-state index is 0.220. The summed E-state index contributed by atoms with van der Waals surface area (Å²) in [5, 5.41) is 3.05. The molecule has 0 aromatic heterocycles. The number of halogens is 1. The number of unbranched alkanes of at least 4 members (excludes halogenated alkanes) is 4. The molecule has 0 radical (unpaired) electrons. The van der Waals surface area contributed by atoms with Crippen LogP contribution < -0.4 is 5.32 Å². The van der Waals surface area contributed by atoms with Gasteiger partial charge in [0, 0.05) is 18.3 Å². The molecule has 1 amide bonds.